The van der Waals surface area contributed by atoms with Crippen LogP contribution < -0.4 is 0 Å². The summed E-state index contributed by atoms with van der Waals surface area (Å²) in [6.07, 6.45) is 12.2. The Kier molecular flexibility index (Phi) is 16.7. The summed E-state index contributed by atoms with van der Waals surface area (Å²) in [5, 5.41) is 10.1. The third kappa shape index (κ3) is 21.8. The highest BCUT2D eigenvalue weighted by Crippen LogP contribution is 2.22. The van der Waals surface area contributed by atoms with Gasteiger partial charge in [-0.05, 0) is 37.5 Å². The molecule has 0 aliphatic carbocycles. The van der Waals surface area contributed by atoms with E-state index in [1.807, 2.05) is 0 Å². The van der Waals surface area contributed by atoms with Crippen LogP contribution in [0, 0.1) is 11.8 Å². The van der Waals surface area contributed by atoms with E-state index in [1.54, 1.807) is 0 Å². The van der Waals surface area contributed by atoms with Gasteiger partial charge in [0.2, 0.25) is 0 Å². The minimum atomic E-state index is -4.67. The second-order valence-electron chi connectivity index (χ2n) is 6.36. The number of unbranched alkanes of at least 4 members (excludes halogenated alkanes) is 1. The first-order valence-electron chi connectivity index (χ1n) is 9.05. The molecule has 2 atom stereocenters. The molecule has 0 saturated carbocycles. The predicted octanol–water partition coefficient (Wildman–Crippen LogP) is 4.91. The van der Waals surface area contributed by atoms with Crippen molar-refractivity contribution in [2.75, 3.05) is 0 Å². The Morgan fingerprint density at radius 3 is 1.48 bits per heavy atom. The Balaban J connectivity index is 0. The van der Waals surface area contributed by atoms with Gasteiger partial charge >= 0.3 is 10.4 Å². The molecule has 0 heterocycles. The number of rotatable bonds is 12. The van der Waals surface area contributed by atoms with Crippen molar-refractivity contribution in [1.29, 1.82) is 0 Å². The van der Waals surface area contributed by atoms with Gasteiger partial charge in [-0.15, -0.1) is 0 Å². The quantitative estimate of drug-likeness (QED) is 0.433. The molecule has 0 bridgehead atoms. The van der Waals surface area contributed by atoms with E-state index >= 15 is 0 Å². The van der Waals surface area contributed by atoms with E-state index in [4.69, 9.17) is 17.5 Å². The minimum absolute atomic E-state index is 0.0544. The molecule has 0 spiro atoms. The van der Waals surface area contributed by atoms with Crippen LogP contribution in [0.25, 0.3) is 0 Å². The fourth-order valence-corrected chi connectivity index (χ4v) is 2.74. The molecule has 23 heavy (non-hydrogen) atoms. The van der Waals surface area contributed by atoms with Crippen LogP contribution in [0.5, 0.6) is 0 Å². The van der Waals surface area contributed by atoms with Crippen molar-refractivity contribution in [2.45, 2.75) is 98.0 Å². The van der Waals surface area contributed by atoms with Crippen LogP contribution in [-0.4, -0.2) is 28.7 Å². The first kappa shape index (κ1) is 25.1. The van der Waals surface area contributed by atoms with Crippen molar-refractivity contribution in [3.8, 4) is 0 Å². The molecule has 0 aromatic carbocycles. The van der Waals surface area contributed by atoms with Crippen molar-refractivity contribution in [1.82, 2.24) is 0 Å². The van der Waals surface area contributed by atoms with Gasteiger partial charge in [0.05, 0.1) is 6.10 Å². The maximum atomic E-state index is 10.1. The van der Waals surface area contributed by atoms with Gasteiger partial charge in [0, 0.05) is 0 Å². The Hall–Kier alpha value is -0.170. The van der Waals surface area contributed by atoms with E-state index in [2.05, 4.69) is 27.7 Å². The van der Waals surface area contributed by atoms with Crippen LogP contribution in [0.4, 0.5) is 0 Å². The maximum absolute atomic E-state index is 10.1. The first-order chi connectivity index (χ1) is 10.7. The van der Waals surface area contributed by atoms with E-state index in [1.165, 1.54) is 51.4 Å². The normalized spacial score (nSPS) is 14.3. The lowest BCUT2D eigenvalue weighted by Crippen LogP contribution is -2.12. The number of aliphatic hydroxyl groups is 1. The van der Waals surface area contributed by atoms with Gasteiger partial charge in [-0.1, -0.05) is 66.2 Å². The fourth-order valence-electron chi connectivity index (χ4n) is 2.74. The monoisotopic (exact) mass is 354 g/mol. The topological polar surface area (TPSA) is 94.8 Å². The highest BCUT2D eigenvalue weighted by atomic mass is 32.3. The van der Waals surface area contributed by atoms with Gasteiger partial charge in [0.15, 0.2) is 0 Å². The zero-order valence-electron chi connectivity index (χ0n) is 15.4. The van der Waals surface area contributed by atoms with Gasteiger partial charge in [-0.2, -0.15) is 8.42 Å². The molecular weight excluding hydrogens is 316 g/mol. The average molecular weight is 355 g/mol. The zero-order chi connectivity index (χ0) is 18.3. The van der Waals surface area contributed by atoms with Crippen molar-refractivity contribution >= 4 is 10.4 Å². The first-order valence-corrected chi connectivity index (χ1v) is 10.4. The minimum Gasteiger partial charge on any atom is -0.393 e. The summed E-state index contributed by atoms with van der Waals surface area (Å²) >= 11 is 0. The van der Waals surface area contributed by atoms with E-state index in [0.29, 0.717) is 0 Å². The van der Waals surface area contributed by atoms with Crippen molar-refractivity contribution in [3.05, 3.63) is 0 Å². The third-order valence-corrected chi connectivity index (χ3v) is 4.51. The van der Waals surface area contributed by atoms with Crippen molar-refractivity contribution < 1.29 is 22.6 Å². The number of hydrogen-bond donors (Lipinski definition) is 3. The molecule has 0 radical (unpaired) electrons. The molecule has 3 N–H and O–H groups in total. The molecule has 0 aliphatic heterocycles. The molecule has 0 rings (SSSR count). The molecular formula is C17H38O5S. The van der Waals surface area contributed by atoms with Gasteiger partial charge in [0.25, 0.3) is 0 Å². The van der Waals surface area contributed by atoms with Crippen molar-refractivity contribution in [2.24, 2.45) is 11.8 Å². The lowest BCUT2D eigenvalue weighted by molar-refractivity contribution is 0.133. The SMILES string of the molecule is CCCCC(CC)CCC(O)CCC(CC)CC.O=S(=O)(O)O. The smallest absolute Gasteiger partial charge is 0.393 e. The molecule has 0 amide bonds. The largest absolute Gasteiger partial charge is 0.394 e. The van der Waals surface area contributed by atoms with Crippen molar-refractivity contribution in [3.63, 3.8) is 0 Å². The summed E-state index contributed by atoms with van der Waals surface area (Å²) in [7, 11) is -4.67. The summed E-state index contributed by atoms with van der Waals surface area (Å²) in [5.74, 6) is 1.66. The third-order valence-electron chi connectivity index (χ3n) is 4.51. The second-order valence-corrected chi connectivity index (χ2v) is 7.25. The molecule has 142 valence electrons. The molecule has 2 unspecified atom stereocenters. The summed E-state index contributed by atoms with van der Waals surface area (Å²) in [6, 6.07) is 0. The van der Waals surface area contributed by atoms with Gasteiger partial charge < -0.3 is 5.11 Å². The Bertz CT molecular complexity index is 331. The maximum Gasteiger partial charge on any atom is 0.394 e. The Labute approximate surface area is 143 Å². The molecule has 0 aromatic heterocycles. The number of hydrogen-bond acceptors (Lipinski definition) is 3. The molecule has 5 nitrogen and oxygen atoms in total. The summed E-state index contributed by atoms with van der Waals surface area (Å²) < 4.78 is 31.6. The second kappa shape index (κ2) is 15.4. The summed E-state index contributed by atoms with van der Waals surface area (Å²) in [4.78, 5) is 0. The van der Waals surface area contributed by atoms with Crippen LogP contribution in [-0.2, 0) is 10.4 Å². The Morgan fingerprint density at radius 1 is 0.739 bits per heavy atom. The van der Waals surface area contributed by atoms with Gasteiger partial charge in [0.1, 0.15) is 0 Å². The van der Waals surface area contributed by atoms with Gasteiger partial charge in [-0.3, -0.25) is 9.11 Å². The van der Waals surface area contributed by atoms with Gasteiger partial charge in [-0.25, -0.2) is 0 Å². The standard InChI is InChI=1S/C17H36O.H2O4S/c1-5-9-10-16(8-4)12-14-17(18)13-11-15(6-2)7-3;1-5(2,3)4/h15-18H,5-14H2,1-4H3;(H2,1,2,3,4). The highest BCUT2D eigenvalue weighted by molar-refractivity contribution is 7.79. The molecule has 0 fully saturated rings. The average Bonchev–Trinajstić information content (AvgIpc) is 2.46. The van der Waals surface area contributed by atoms with E-state index in [-0.39, 0.29) is 6.10 Å². The summed E-state index contributed by atoms with van der Waals surface area (Å²) in [6.45, 7) is 9.07. The van der Waals surface area contributed by atoms with Crippen LogP contribution >= 0.6 is 0 Å². The fraction of sp³-hybridized carbons (Fsp3) is 1.00. The molecule has 0 saturated heterocycles. The van der Waals surface area contributed by atoms with E-state index < -0.39 is 10.4 Å². The highest BCUT2D eigenvalue weighted by Gasteiger charge is 2.12. The van der Waals surface area contributed by atoms with E-state index in [0.717, 1.165) is 24.7 Å². The lowest BCUT2D eigenvalue weighted by Gasteiger charge is -2.19. The van der Waals surface area contributed by atoms with Crippen LogP contribution in [0.1, 0.15) is 91.9 Å². The number of aliphatic hydroxyl groups excluding tert-OH is 1. The van der Waals surface area contributed by atoms with Crippen LogP contribution in [0.3, 0.4) is 0 Å². The zero-order valence-corrected chi connectivity index (χ0v) is 16.2. The molecule has 6 heteroatoms. The van der Waals surface area contributed by atoms with Crippen LogP contribution in [0.2, 0.25) is 0 Å². The predicted molar refractivity (Wildman–Crippen MR) is 96.0 cm³/mol. The molecule has 0 aliphatic rings. The summed E-state index contributed by atoms with van der Waals surface area (Å²) in [5.41, 5.74) is 0. The Morgan fingerprint density at radius 2 is 1.13 bits per heavy atom. The molecule has 0 aromatic rings. The van der Waals surface area contributed by atoms with E-state index in [9.17, 15) is 5.11 Å². The lowest BCUT2D eigenvalue weighted by atomic mass is 9.90. The van der Waals surface area contributed by atoms with Crippen LogP contribution in [0.15, 0.2) is 0 Å².